The molecule has 5 rings (SSSR count). The summed E-state index contributed by atoms with van der Waals surface area (Å²) in [5.41, 5.74) is 4.95. The number of aromatic amines is 1. The van der Waals surface area contributed by atoms with Gasteiger partial charge in [-0.25, -0.2) is 4.98 Å². The van der Waals surface area contributed by atoms with E-state index in [9.17, 15) is 5.26 Å². The van der Waals surface area contributed by atoms with Gasteiger partial charge in [0.2, 0.25) is 0 Å². The zero-order valence-electron chi connectivity index (χ0n) is 19.3. The molecule has 5 nitrogen and oxygen atoms in total. The zero-order valence-corrected chi connectivity index (χ0v) is 20.1. The number of ether oxygens (including phenoxy) is 2. The van der Waals surface area contributed by atoms with E-state index < -0.39 is 0 Å². The first-order chi connectivity index (χ1) is 17.1. The summed E-state index contributed by atoms with van der Waals surface area (Å²) in [6, 6.07) is 26.0. The number of imidazole rings is 1. The Balaban J connectivity index is 1.45. The highest BCUT2D eigenvalue weighted by molar-refractivity contribution is 6.32. The molecule has 1 heterocycles. The quantitative estimate of drug-likeness (QED) is 0.259. The number of nitriles is 1. The first-order valence-corrected chi connectivity index (χ1v) is 11.5. The molecule has 1 aromatic heterocycles. The highest BCUT2D eigenvalue weighted by Crippen LogP contribution is 2.38. The minimum atomic E-state index is 0.342. The van der Waals surface area contributed by atoms with Gasteiger partial charge in [0.25, 0.3) is 0 Å². The van der Waals surface area contributed by atoms with E-state index in [1.54, 1.807) is 25.3 Å². The van der Waals surface area contributed by atoms with Crippen molar-refractivity contribution in [3.05, 3.63) is 100 Å². The Bertz CT molecular complexity index is 1620. The molecule has 172 valence electrons. The number of methoxy groups -OCH3 is 1. The predicted molar refractivity (Wildman–Crippen MR) is 141 cm³/mol. The molecule has 0 unspecified atom stereocenters. The van der Waals surface area contributed by atoms with Crippen LogP contribution in [0.2, 0.25) is 5.02 Å². The minimum Gasteiger partial charge on any atom is -0.493 e. The smallest absolute Gasteiger partial charge is 0.180 e. The van der Waals surface area contributed by atoms with Gasteiger partial charge >= 0.3 is 0 Å². The molecule has 0 fully saturated rings. The van der Waals surface area contributed by atoms with Crippen molar-refractivity contribution in [2.24, 2.45) is 0 Å². The van der Waals surface area contributed by atoms with Gasteiger partial charge in [0.05, 0.1) is 28.7 Å². The third-order valence-electron chi connectivity index (χ3n) is 5.83. The van der Waals surface area contributed by atoms with E-state index in [1.165, 1.54) is 0 Å². The number of nitrogens with one attached hydrogen (secondary N) is 1. The van der Waals surface area contributed by atoms with Gasteiger partial charge < -0.3 is 14.5 Å². The predicted octanol–water partition coefficient (Wildman–Crippen LogP) is 7.33. The Morgan fingerprint density at radius 3 is 2.74 bits per heavy atom. The van der Waals surface area contributed by atoms with E-state index in [0.717, 1.165) is 32.9 Å². The standard InChI is InChI=1S/C29H22ClN3O2/c1-18-10-11-25-26(12-18)33-29(32-25)22(16-31)13-19-14-24(30)28(27(15-19)34-2)35-17-21-8-5-7-20-6-3-4-9-23(20)21/h3-15H,17H2,1-2H3,(H,32,33)/b22-13-. The van der Waals surface area contributed by atoms with Gasteiger partial charge in [0.1, 0.15) is 18.5 Å². The van der Waals surface area contributed by atoms with Gasteiger partial charge in [0, 0.05) is 0 Å². The van der Waals surface area contributed by atoms with E-state index in [2.05, 4.69) is 34.2 Å². The number of rotatable bonds is 6. The summed E-state index contributed by atoms with van der Waals surface area (Å²) in [4.78, 5) is 7.78. The number of hydrogen-bond acceptors (Lipinski definition) is 4. The molecule has 1 N–H and O–H groups in total. The van der Waals surface area contributed by atoms with E-state index in [0.29, 0.717) is 40.1 Å². The van der Waals surface area contributed by atoms with E-state index >= 15 is 0 Å². The van der Waals surface area contributed by atoms with Gasteiger partial charge in [-0.3, -0.25) is 0 Å². The van der Waals surface area contributed by atoms with E-state index in [4.69, 9.17) is 21.1 Å². The molecule has 0 saturated carbocycles. The molecule has 0 aliphatic heterocycles. The van der Waals surface area contributed by atoms with Crippen LogP contribution in [0.25, 0.3) is 33.5 Å². The fourth-order valence-corrected chi connectivity index (χ4v) is 4.38. The Labute approximate surface area is 208 Å². The van der Waals surface area contributed by atoms with Gasteiger partial charge in [0.15, 0.2) is 11.5 Å². The first kappa shape index (κ1) is 22.5. The molecule has 0 amide bonds. The maximum Gasteiger partial charge on any atom is 0.180 e. The lowest BCUT2D eigenvalue weighted by Gasteiger charge is -2.14. The Hall–Kier alpha value is -4.27. The zero-order chi connectivity index (χ0) is 24.4. The van der Waals surface area contributed by atoms with Gasteiger partial charge in [-0.05, 0) is 64.7 Å². The monoisotopic (exact) mass is 479 g/mol. The highest BCUT2D eigenvalue weighted by atomic mass is 35.5. The van der Waals surface area contributed by atoms with E-state index in [1.807, 2.05) is 49.4 Å². The van der Waals surface area contributed by atoms with Crippen LogP contribution < -0.4 is 9.47 Å². The number of aromatic nitrogens is 2. The first-order valence-electron chi connectivity index (χ1n) is 11.1. The summed E-state index contributed by atoms with van der Waals surface area (Å²) in [6.07, 6.45) is 1.73. The fraction of sp³-hybridized carbons (Fsp3) is 0.103. The average Bonchev–Trinajstić information content (AvgIpc) is 3.29. The molecule has 6 heteroatoms. The molecule has 4 aromatic carbocycles. The number of benzene rings is 4. The lowest BCUT2D eigenvalue weighted by Crippen LogP contribution is -2.00. The molecular weight excluding hydrogens is 458 g/mol. The summed E-state index contributed by atoms with van der Waals surface area (Å²) in [6.45, 7) is 2.35. The lowest BCUT2D eigenvalue weighted by atomic mass is 10.1. The molecule has 5 aromatic rings. The summed E-state index contributed by atoms with van der Waals surface area (Å²) in [5, 5.41) is 12.5. The normalized spacial score (nSPS) is 11.5. The number of fused-ring (bicyclic) bond motifs is 2. The summed E-state index contributed by atoms with van der Waals surface area (Å²) < 4.78 is 11.7. The van der Waals surface area contributed by atoms with Gasteiger partial charge in [-0.2, -0.15) is 5.26 Å². The maximum atomic E-state index is 9.80. The van der Waals surface area contributed by atoms with Crippen LogP contribution in [0.4, 0.5) is 0 Å². The third-order valence-corrected chi connectivity index (χ3v) is 6.11. The molecule has 0 aliphatic carbocycles. The number of aryl methyl sites for hydroxylation is 1. The fourth-order valence-electron chi connectivity index (χ4n) is 4.10. The molecule has 0 bridgehead atoms. The second-order valence-electron chi connectivity index (χ2n) is 8.24. The molecule has 0 radical (unpaired) electrons. The summed E-state index contributed by atoms with van der Waals surface area (Å²) in [5.74, 6) is 1.44. The summed E-state index contributed by atoms with van der Waals surface area (Å²) in [7, 11) is 1.57. The van der Waals surface area contributed by atoms with Crippen LogP contribution in [0, 0.1) is 18.3 Å². The second-order valence-corrected chi connectivity index (χ2v) is 8.64. The summed E-state index contributed by atoms with van der Waals surface area (Å²) >= 11 is 6.61. The molecule has 0 spiro atoms. The van der Waals surface area contributed by atoms with Crippen molar-refractivity contribution in [1.29, 1.82) is 5.26 Å². The van der Waals surface area contributed by atoms with Crippen LogP contribution in [0.5, 0.6) is 11.5 Å². The van der Waals surface area contributed by atoms with Gasteiger partial charge in [-0.15, -0.1) is 0 Å². The molecule has 35 heavy (non-hydrogen) atoms. The molecule has 0 atom stereocenters. The Morgan fingerprint density at radius 2 is 1.91 bits per heavy atom. The topological polar surface area (TPSA) is 70.9 Å². The number of halogens is 1. The Kier molecular flexibility index (Phi) is 6.13. The van der Waals surface area contributed by atoms with Crippen LogP contribution in [0.15, 0.2) is 72.8 Å². The van der Waals surface area contributed by atoms with E-state index in [-0.39, 0.29) is 0 Å². The van der Waals surface area contributed by atoms with Crippen LogP contribution in [0.1, 0.15) is 22.5 Å². The van der Waals surface area contributed by atoms with Crippen molar-refractivity contribution in [3.8, 4) is 17.6 Å². The van der Waals surface area contributed by atoms with Crippen molar-refractivity contribution in [1.82, 2.24) is 9.97 Å². The number of hydrogen-bond donors (Lipinski definition) is 1. The molecular formula is C29H22ClN3O2. The average molecular weight is 480 g/mol. The van der Waals surface area contributed by atoms with Crippen molar-refractivity contribution >= 4 is 45.1 Å². The van der Waals surface area contributed by atoms with Crippen LogP contribution in [0.3, 0.4) is 0 Å². The largest absolute Gasteiger partial charge is 0.493 e. The van der Waals surface area contributed by atoms with Crippen molar-refractivity contribution in [2.45, 2.75) is 13.5 Å². The maximum absolute atomic E-state index is 9.80. The number of allylic oxidation sites excluding steroid dienone is 1. The number of H-pyrrole nitrogens is 1. The number of nitrogens with zero attached hydrogens (tertiary/aromatic N) is 2. The second kappa shape index (κ2) is 9.54. The lowest BCUT2D eigenvalue weighted by molar-refractivity contribution is 0.286. The Morgan fingerprint density at radius 1 is 1.09 bits per heavy atom. The van der Waals surface area contributed by atoms with Crippen molar-refractivity contribution in [2.75, 3.05) is 7.11 Å². The van der Waals surface area contributed by atoms with Crippen LogP contribution in [-0.4, -0.2) is 17.1 Å². The van der Waals surface area contributed by atoms with Gasteiger partial charge in [-0.1, -0.05) is 60.1 Å². The SMILES string of the molecule is COc1cc(/C=C(/C#N)c2nc3ccc(C)cc3[nH]2)cc(Cl)c1OCc1cccc2ccccc12. The van der Waals surface area contributed by atoms with Crippen molar-refractivity contribution in [3.63, 3.8) is 0 Å². The molecule has 0 saturated heterocycles. The minimum absolute atomic E-state index is 0.342. The molecule has 0 aliphatic rings. The third kappa shape index (κ3) is 4.57. The van der Waals surface area contributed by atoms with Crippen LogP contribution >= 0.6 is 11.6 Å². The van der Waals surface area contributed by atoms with Crippen molar-refractivity contribution < 1.29 is 9.47 Å². The van der Waals surface area contributed by atoms with Crippen LogP contribution in [-0.2, 0) is 6.61 Å². The highest BCUT2D eigenvalue weighted by Gasteiger charge is 2.14.